The Balaban J connectivity index is 1.60. The van der Waals surface area contributed by atoms with E-state index in [1.807, 2.05) is 48.1 Å². The number of methoxy groups -OCH3 is 1. The zero-order valence-corrected chi connectivity index (χ0v) is 20.2. The molecule has 4 rings (SSSR count). The fraction of sp³-hybridized carbons (Fsp3) is 0.176. The van der Waals surface area contributed by atoms with E-state index in [9.17, 15) is 4.79 Å². The molecule has 0 fully saturated rings. The number of hydrogen-bond donors (Lipinski definition) is 2. The molecule has 0 bridgehead atoms. The summed E-state index contributed by atoms with van der Waals surface area (Å²) < 4.78 is 16.0. The Bertz CT molecular complexity index is 1280. The molecule has 14 nitrogen and oxygen atoms in total. The number of halogens is 1. The maximum absolute atomic E-state index is 12.9. The molecule has 0 saturated heterocycles. The van der Waals surface area contributed by atoms with Gasteiger partial charge in [0.05, 0.1) is 41.9 Å². The van der Waals surface area contributed by atoms with Gasteiger partial charge in [0, 0.05) is 18.4 Å². The highest BCUT2D eigenvalue weighted by atomic mass is 127. The smallest absolute Gasteiger partial charge is 0.293 e. The Morgan fingerprint density at radius 3 is 2.94 bits per heavy atom. The van der Waals surface area contributed by atoms with Crippen LogP contribution in [-0.2, 0) is 12.8 Å². The maximum atomic E-state index is 12.9. The number of ether oxygens (including phenoxy) is 1. The summed E-state index contributed by atoms with van der Waals surface area (Å²) in [7, 11) is 3.37. The number of carbonyl (C=O) groups is 1. The molecule has 170 valence electrons. The van der Waals surface area contributed by atoms with Gasteiger partial charge >= 0.3 is 0 Å². The van der Waals surface area contributed by atoms with Gasteiger partial charge in [-0.1, -0.05) is 29.1 Å². The molecule has 3 heterocycles. The summed E-state index contributed by atoms with van der Waals surface area (Å²) >= 11 is 3.23. The van der Waals surface area contributed by atoms with E-state index in [0.29, 0.717) is 28.0 Å². The van der Waals surface area contributed by atoms with Crippen molar-refractivity contribution in [1.29, 1.82) is 0 Å². The van der Waals surface area contributed by atoms with Crippen LogP contribution in [-0.4, -0.2) is 59.3 Å². The molecule has 0 saturated carbocycles. The van der Waals surface area contributed by atoms with E-state index in [-0.39, 0.29) is 17.3 Å². The van der Waals surface area contributed by atoms with Crippen molar-refractivity contribution in [2.45, 2.75) is 10.9 Å². The first-order valence-electron chi connectivity index (χ1n) is 9.19. The number of carbonyl (C=O) groups excluding carboxylic acids is 1. The molecule has 0 spiro atoms. The summed E-state index contributed by atoms with van der Waals surface area (Å²) in [6.45, 7) is 0. The molecule has 1 amide bonds. The fourth-order valence-electron chi connectivity index (χ4n) is 2.68. The fourth-order valence-corrected chi connectivity index (χ4v) is 3.90. The SMILES string of the molecule is COc1ccccc1/C=N/NC(=O)c1nnn(-c2nonc2NI)c1CSc1nncn1C. The van der Waals surface area contributed by atoms with E-state index in [0.717, 1.165) is 0 Å². The van der Waals surface area contributed by atoms with Crippen LogP contribution in [0.2, 0.25) is 0 Å². The van der Waals surface area contributed by atoms with Crippen LogP contribution in [0.25, 0.3) is 5.82 Å². The van der Waals surface area contributed by atoms with Gasteiger partial charge in [0.1, 0.15) is 12.1 Å². The summed E-state index contributed by atoms with van der Waals surface area (Å²) in [5.41, 5.74) is 3.67. The number of aromatic nitrogens is 8. The van der Waals surface area contributed by atoms with Gasteiger partial charge in [0.25, 0.3) is 5.91 Å². The number of nitrogens with one attached hydrogen (secondary N) is 2. The van der Waals surface area contributed by atoms with Gasteiger partial charge in [-0.05, 0) is 22.4 Å². The van der Waals surface area contributed by atoms with Crippen molar-refractivity contribution in [3.63, 3.8) is 0 Å². The van der Waals surface area contributed by atoms with Crippen LogP contribution in [0.1, 0.15) is 21.7 Å². The molecular weight excluding hydrogens is 565 g/mol. The third-order valence-electron chi connectivity index (χ3n) is 4.26. The summed E-state index contributed by atoms with van der Waals surface area (Å²) in [6, 6.07) is 7.28. The van der Waals surface area contributed by atoms with Gasteiger partial charge in [-0.15, -0.1) is 15.3 Å². The van der Waals surface area contributed by atoms with Crippen molar-refractivity contribution in [3.05, 3.63) is 47.5 Å². The number of nitrogens with zero attached hydrogens (tertiary/aromatic N) is 9. The largest absolute Gasteiger partial charge is 0.496 e. The minimum absolute atomic E-state index is 0.0595. The lowest BCUT2D eigenvalue weighted by atomic mass is 10.2. The molecule has 33 heavy (non-hydrogen) atoms. The second-order valence-electron chi connectivity index (χ2n) is 6.28. The van der Waals surface area contributed by atoms with Crippen molar-refractivity contribution >= 4 is 52.6 Å². The van der Waals surface area contributed by atoms with Crippen LogP contribution in [0.15, 0.2) is 45.5 Å². The molecule has 2 N–H and O–H groups in total. The van der Waals surface area contributed by atoms with E-state index in [1.54, 1.807) is 24.1 Å². The predicted molar refractivity (Wildman–Crippen MR) is 125 cm³/mol. The monoisotopic (exact) mass is 581 g/mol. The molecule has 0 aliphatic carbocycles. The molecular formula is C17H16IN11O3S. The van der Waals surface area contributed by atoms with E-state index in [1.165, 1.54) is 22.7 Å². The third kappa shape index (κ3) is 4.95. The number of para-hydroxylation sites is 1. The lowest BCUT2D eigenvalue weighted by Gasteiger charge is -2.06. The Hall–Kier alpha value is -3.54. The van der Waals surface area contributed by atoms with Gasteiger partial charge in [0.15, 0.2) is 10.9 Å². The third-order valence-corrected chi connectivity index (χ3v) is 5.81. The molecule has 0 aliphatic heterocycles. The summed E-state index contributed by atoms with van der Waals surface area (Å²) in [6.07, 6.45) is 3.06. The Kier molecular flexibility index (Phi) is 7.13. The minimum atomic E-state index is -0.554. The quantitative estimate of drug-likeness (QED) is 0.0971. The first kappa shape index (κ1) is 22.6. The van der Waals surface area contributed by atoms with Gasteiger partial charge in [-0.3, -0.25) is 4.79 Å². The van der Waals surface area contributed by atoms with Gasteiger partial charge in [-0.2, -0.15) is 9.78 Å². The number of amides is 1. The number of rotatable bonds is 9. The second kappa shape index (κ2) is 10.4. The van der Waals surface area contributed by atoms with E-state index in [4.69, 9.17) is 9.37 Å². The van der Waals surface area contributed by atoms with Crippen LogP contribution in [0.5, 0.6) is 5.75 Å². The highest BCUT2D eigenvalue weighted by Crippen LogP contribution is 2.25. The van der Waals surface area contributed by atoms with Crippen LogP contribution in [0.3, 0.4) is 0 Å². The normalized spacial score (nSPS) is 11.1. The number of benzene rings is 1. The van der Waals surface area contributed by atoms with Crippen LogP contribution in [0.4, 0.5) is 5.82 Å². The van der Waals surface area contributed by atoms with E-state index in [2.05, 4.69) is 44.9 Å². The number of aryl methyl sites for hydroxylation is 1. The Morgan fingerprint density at radius 2 is 2.18 bits per heavy atom. The van der Waals surface area contributed by atoms with Crippen molar-refractivity contribution < 1.29 is 14.2 Å². The predicted octanol–water partition coefficient (Wildman–Crippen LogP) is 1.61. The average Bonchev–Trinajstić information content (AvgIpc) is 3.57. The van der Waals surface area contributed by atoms with Crippen molar-refractivity contribution in [2.75, 3.05) is 10.6 Å². The zero-order valence-electron chi connectivity index (χ0n) is 17.2. The molecule has 16 heteroatoms. The lowest BCUT2D eigenvalue weighted by Crippen LogP contribution is -2.20. The number of anilines is 1. The number of hydrogen-bond acceptors (Lipinski definition) is 12. The Labute approximate surface area is 204 Å². The maximum Gasteiger partial charge on any atom is 0.293 e. The van der Waals surface area contributed by atoms with Gasteiger partial charge in [0.2, 0.25) is 11.6 Å². The molecule has 4 aromatic rings. The summed E-state index contributed by atoms with van der Waals surface area (Å²) in [5, 5.41) is 28.3. The van der Waals surface area contributed by atoms with Crippen molar-refractivity contribution in [3.8, 4) is 11.6 Å². The van der Waals surface area contributed by atoms with Crippen LogP contribution in [0, 0.1) is 0 Å². The molecule has 1 aromatic carbocycles. The van der Waals surface area contributed by atoms with Crippen LogP contribution >= 0.6 is 34.6 Å². The minimum Gasteiger partial charge on any atom is -0.496 e. The van der Waals surface area contributed by atoms with E-state index >= 15 is 0 Å². The molecule has 0 aliphatic rings. The first-order chi connectivity index (χ1) is 16.1. The summed E-state index contributed by atoms with van der Waals surface area (Å²) in [4.78, 5) is 12.9. The highest BCUT2D eigenvalue weighted by molar-refractivity contribution is 14.1. The summed E-state index contributed by atoms with van der Waals surface area (Å²) in [5.74, 6) is 0.932. The average molecular weight is 581 g/mol. The molecule has 0 atom stereocenters. The lowest BCUT2D eigenvalue weighted by molar-refractivity contribution is 0.0949. The van der Waals surface area contributed by atoms with Gasteiger partial charge < -0.3 is 12.8 Å². The molecule has 0 unspecified atom stereocenters. The standard InChI is InChI=1S/C17H16IN11O3S/c1-28-9-20-24-17(28)33-8-11-13(22-27-29(11)15-14(21-18)25-32-26-15)16(30)23-19-7-10-5-3-4-6-12(10)31-2/h3-7,9H,8H2,1-2H3,(H,21,25)(H,23,30)/b19-7+. The van der Waals surface area contributed by atoms with E-state index < -0.39 is 5.91 Å². The highest BCUT2D eigenvalue weighted by Gasteiger charge is 2.25. The van der Waals surface area contributed by atoms with Crippen LogP contribution < -0.4 is 13.7 Å². The first-order valence-corrected chi connectivity index (χ1v) is 11.3. The number of hydrazone groups is 1. The molecule has 0 radical (unpaired) electrons. The van der Waals surface area contributed by atoms with Crippen molar-refractivity contribution in [1.82, 2.24) is 45.5 Å². The zero-order chi connectivity index (χ0) is 23.2. The topological polar surface area (TPSA) is 163 Å². The second-order valence-corrected chi connectivity index (χ2v) is 7.76. The van der Waals surface area contributed by atoms with Crippen molar-refractivity contribution in [2.24, 2.45) is 12.1 Å². The number of thioether (sulfide) groups is 1. The van der Waals surface area contributed by atoms with Gasteiger partial charge in [-0.25, -0.2) is 10.1 Å². The Morgan fingerprint density at radius 1 is 1.33 bits per heavy atom. The molecule has 3 aromatic heterocycles.